The van der Waals surface area contributed by atoms with Gasteiger partial charge in [-0.05, 0) is 48.7 Å². The molecule has 0 radical (unpaired) electrons. The zero-order chi connectivity index (χ0) is 19.3. The number of nitrogens with one attached hydrogen (secondary N) is 2. The Bertz CT molecular complexity index is 1260. The Balaban J connectivity index is 0.00000205. The third kappa shape index (κ3) is 3.22. The number of benzene rings is 2. The number of aromatic nitrogens is 4. The lowest BCUT2D eigenvalue weighted by Gasteiger charge is -2.17. The lowest BCUT2D eigenvalue weighted by Crippen LogP contribution is -2.23. The Morgan fingerprint density at radius 2 is 2.00 bits per heavy atom. The van der Waals surface area contributed by atoms with Crippen LogP contribution in [0.3, 0.4) is 0 Å². The molecular weight excluding hydrogens is 393 g/mol. The van der Waals surface area contributed by atoms with Crippen LogP contribution in [0.25, 0.3) is 28.0 Å². The van der Waals surface area contributed by atoms with E-state index >= 15 is 0 Å². The summed E-state index contributed by atoms with van der Waals surface area (Å²) in [5, 5.41) is 15.1. The number of aryl methyl sites for hydroxylation is 1. The predicted octanol–water partition coefficient (Wildman–Crippen LogP) is 3.29. The number of hydrogen-bond acceptors (Lipinski definition) is 4. The first-order chi connectivity index (χ1) is 13.6. The molecule has 1 aliphatic heterocycles. The average Bonchev–Trinajstić information content (AvgIpc) is 3.10. The normalized spacial score (nSPS) is 13.2. The van der Waals surface area contributed by atoms with Crippen LogP contribution in [-0.2, 0) is 13.0 Å². The topological polar surface area (TPSA) is 75.6 Å². The number of para-hydroxylation sites is 1. The largest absolute Gasteiger partial charge is 0.312 e. The molecular formula is C21H19ClFN5O. The van der Waals surface area contributed by atoms with Crippen molar-refractivity contribution in [2.24, 2.45) is 0 Å². The lowest BCUT2D eigenvalue weighted by molar-refractivity contribution is 0.605. The molecule has 1 aliphatic rings. The van der Waals surface area contributed by atoms with Gasteiger partial charge in [0.2, 0.25) is 0 Å². The summed E-state index contributed by atoms with van der Waals surface area (Å²) < 4.78 is 15.5. The van der Waals surface area contributed by atoms with Crippen molar-refractivity contribution in [3.63, 3.8) is 0 Å². The van der Waals surface area contributed by atoms with E-state index in [2.05, 4.69) is 32.7 Å². The second-order valence-electron chi connectivity index (χ2n) is 7.04. The monoisotopic (exact) mass is 411 g/mol. The van der Waals surface area contributed by atoms with Crippen molar-refractivity contribution < 1.29 is 4.39 Å². The molecule has 0 atom stereocenters. The van der Waals surface area contributed by atoms with Gasteiger partial charge in [0, 0.05) is 18.2 Å². The fourth-order valence-electron chi connectivity index (χ4n) is 3.77. The number of H-pyrrole nitrogens is 1. The summed E-state index contributed by atoms with van der Waals surface area (Å²) in [5.74, 6) is -0.487. The molecule has 0 amide bonds. The zero-order valence-corrected chi connectivity index (χ0v) is 16.5. The summed E-state index contributed by atoms with van der Waals surface area (Å²) in [4.78, 5) is 12.6. The third-order valence-corrected chi connectivity index (χ3v) is 5.21. The molecule has 0 saturated carbocycles. The number of rotatable bonds is 2. The van der Waals surface area contributed by atoms with Gasteiger partial charge in [-0.3, -0.25) is 9.89 Å². The van der Waals surface area contributed by atoms with E-state index in [1.54, 1.807) is 19.1 Å². The van der Waals surface area contributed by atoms with Crippen molar-refractivity contribution in [1.29, 1.82) is 0 Å². The molecule has 148 valence electrons. The van der Waals surface area contributed by atoms with Gasteiger partial charge in [-0.2, -0.15) is 14.9 Å². The summed E-state index contributed by atoms with van der Waals surface area (Å²) in [7, 11) is 0. The highest BCUT2D eigenvalue weighted by molar-refractivity contribution is 5.89. The van der Waals surface area contributed by atoms with Crippen LogP contribution in [0.2, 0.25) is 0 Å². The zero-order valence-electron chi connectivity index (χ0n) is 15.7. The summed E-state index contributed by atoms with van der Waals surface area (Å²) in [6, 6.07) is 12.3. The highest BCUT2D eigenvalue weighted by Crippen LogP contribution is 2.27. The Labute approximate surface area is 172 Å². The van der Waals surface area contributed by atoms with Gasteiger partial charge in [0.05, 0.1) is 5.52 Å². The minimum absolute atomic E-state index is 0. The lowest BCUT2D eigenvalue weighted by atomic mass is 9.97. The fourth-order valence-corrected chi connectivity index (χ4v) is 3.77. The Morgan fingerprint density at radius 1 is 1.14 bits per heavy atom. The van der Waals surface area contributed by atoms with E-state index in [1.807, 2.05) is 6.07 Å². The molecule has 0 aliphatic carbocycles. The third-order valence-electron chi connectivity index (χ3n) is 5.21. The van der Waals surface area contributed by atoms with Crippen LogP contribution in [0.15, 0.2) is 47.3 Å². The second kappa shape index (κ2) is 7.42. The Morgan fingerprint density at radius 3 is 2.83 bits per heavy atom. The van der Waals surface area contributed by atoms with Gasteiger partial charge in [-0.25, -0.2) is 4.39 Å². The maximum Gasteiger partial charge on any atom is 0.273 e. The van der Waals surface area contributed by atoms with Crippen molar-refractivity contribution in [2.75, 3.05) is 6.54 Å². The van der Waals surface area contributed by atoms with Gasteiger partial charge in [-0.1, -0.05) is 24.3 Å². The van der Waals surface area contributed by atoms with Crippen LogP contribution >= 0.6 is 12.4 Å². The summed E-state index contributed by atoms with van der Waals surface area (Å²) in [6.45, 7) is 3.55. The summed E-state index contributed by atoms with van der Waals surface area (Å²) >= 11 is 0. The van der Waals surface area contributed by atoms with Crippen molar-refractivity contribution in [3.05, 3.63) is 75.3 Å². The number of halogens is 2. The molecule has 2 aromatic carbocycles. The maximum atomic E-state index is 14.4. The van der Waals surface area contributed by atoms with Crippen LogP contribution in [0, 0.1) is 12.7 Å². The maximum absolute atomic E-state index is 14.4. The van der Waals surface area contributed by atoms with Gasteiger partial charge in [-0.15, -0.1) is 12.4 Å². The number of nitrogens with zero attached hydrogens (tertiary/aromatic N) is 3. The molecule has 3 heterocycles. The van der Waals surface area contributed by atoms with Crippen molar-refractivity contribution >= 4 is 23.4 Å². The molecule has 0 fully saturated rings. The highest BCUT2D eigenvalue weighted by Gasteiger charge is 2.17. The first kappa shape index (κ1) is 19.3. The molecule has 8 heteroatoms. The standard InChI is InChI=1S/C21H18FN5O.ClH/c1-12-3-2-4-16(22)21(12)27-18(28)10-17-20(26-27)19(25-24-17)14-6-5-13-7-8-23-11-15(13)9-14;/h2-6,9-10,23-24H,7-8,11H2,1H3;1H. The molecule has 6 nitrogen and oxygen atoms in total. The Kier molecular flexibility index (Phi) is 4.94. The van der Waals surface area contributed by atoms with Crippen LogP contribution in [0.5, 0.6) is 0 Å². The van der Waals surface area contributed by atoms with Crippen molar-refractivity contribution in [1.82, 2.24) is 25.3 Å². The molecule has 4 aromatic rings. The molecule has 0 saturated heterocycles. The van der Waals surface area contributed by atoms with Gasteiger partial charge < -0.3 is 5.32 Å². The van der Waals surface area contributed by atoms with Crippen LogP contribution < -0.4 is 10.9 Å². The highest BCUT2D eigenvalue weighted by atomic mass is 35.5. The first-order valence-electron chi connectivity index (χ1n) is 9.18. The summed E-state index contributed by atoms with van der Waals surface area (Å²) in [5.41, 5.74) is 5.57. The van der Waals surface area contributed by atoms with Crippen molar-refractivity contribution in [2.45, 2.75) is 19.9 Å². The van der Waals surface area contributed by atoms with Crippen LogP contribution in [-0.4, -0.2) is 26.5 Å². The molecule has 5 rings (SSSR count). The Hall–Kier alpha value is -3.03. The van der Waals surface area contributed by atoms with E-state index in [0.717, 1.165) is 29.8 Å². The number of fused-ring (bicyclic) bond motifs is 2. The molecule has 29 heavy (non-hydrogen) atoms. The van der Waals surface area contributed by atoms with Gasteiger partial charge in [0.25, 0.3) is 5.56 Å². The predicted molar refractivity (Wildman–Crippen MR) is 112 cm³/mol. The molecule has 2 aromatic heterocycles. The average molecular weight is 412 g/mol. The second-order valence-corrected chi connectivity index (χ2v) is 7.04. The minimum atomic E-state index is -0.487. The van der Waals surface area contributed by atoms with E-state index in [-0.39, 0.29) is 18.1 Å². The molecule has 0 bridgehead atoms. The SMILES string of the molecule is Cc1cccc(F)c1-n1nc2c(-c3ccc4c(c3)CNCC4)n[nH]c2cc1=O.Cl. The first-order valence-corrected chi connectivity index (χ1v) is 9.18. The van der Waals surface area contributed by atoms with E-state index in [9.17, 15) is 9.18 Å². The minimum Gasteiger partial charge on any atom is -0.312 e. The van der Waals surface area contributed by atoms with Crippen LogP contribution in [0.1, 0.15) is 16.7 Å². The van der Waals surface area contributed by atoms with E-state index in [4.69, 9.17) is 0 Å². The smallest absolute Gasteiger partial charge is 0.273 e. The van der Waals surface area contributed by atoms with Crippen LogP contribution in [0.4, 0.5) is 4.39 Å². The van der Waals surface area contributed by atoms with Gasteiger partial charge >= 0.3 is 0 Å². The van der Waals surface area contributed by atoms with E-state index in [1.165, 1.54) is 23.3 Å². The number of hydrogen-bond donors (Lipinski definition) is 2. The molecule has 0 unspecified atom stereocenters. The molecule has 2 N–H and O–H groups in total. The summed E-state index contributed by atoms with van der Waals surface area (Å²) in [6.07, 6.45) is 1.00. The van der Waals surface area contributed by atoms with Gasteiger partial charge in [0.1, 0.15) is 22.7 Å². The van der Waals surface area contributed by atoms with E-state index < -0.39 is 11.4 Å². The van der Waals surface area contributed by atoms with E-state index in [0.29, 0.717) is 22.3 Å². The quantitative estimate of drug-likeness (QED) is 0.530. The van der Waals surface area contributed by atoms with Crippen molar-refractivity contribution in [3.8, 4) is 16.9 Å². The fraction of sp³-hybridized carbons (Fsp3) is 0.190. The van der Waals surface area contributed by atoms with Gasteiger partial charge in [0.15, 0.2) is 0 Å². The molecule has 0 spiro atoms. The number of aromatic amines is 1.